The summed E-state index contributed by atoms with van der Waals surface area (Å²) in [5.74, 6) is -0.282. The third kappa shape index (κ3) is 5.87. The summed E-state index contributed by atoms with van der Waals surface area (Å²) in [7, 11) is 6.20. The fraction of sp³-hybridized carbons (Fsp3) is 0.179. The van der Waals surface area contributed by atoms with Gasteiger partial charge in [-0.25, -0.2) is 0 Å². The molecule has 2 aromatic carbocycles. The summed E-state index contributed by atoms with van der Waals surface area (Å²) in [6, 6.07) is 14.0. The SMILES string of the molecule is [B]/C(=C\C(=C)C(=O)NCc1ccc(C(=C)C)c(C)c1)Cc1cc(C#N)c2ncc(C)cc2c1. The number of fused-ring (bicyclic) bond motifs is 1. The van der Waals surface area contributed by atoms with E-state index >= 15 is 0 Å². The lowest BCUT2D eigenvalue weighted by atomic mass is 9.86. The average molecular weight is 431 g/mol. The number of pyridine rings is 1. The summed E-state index contributed by atoms with van der Waals surface area (Å²) >= 11 is 0. The van der Waals surface area contributed by atoms with Gasteiger partial charge in [-0.2, -0.15) is 5.26 Å². The zero-order valence-corrected chi connectivity index (χ0v) is 19.3. The molecule has 0 aliphatic heterocycles. The minimum atomic E-state index is -0.282. The number of carbonyl (C=O) groups is 1. The van der Waals surface area contributed by atoms with Crippen molar-refractivity contribution >= 4 is 30.2 Å². The molecule has 0 unspecified atom stereocenters. The number of amides is 1. The summed E-state index contributed by atoms with van der Waals surface area (Å²) < 4.78 is 0. The molecule has 4 nitrogen and oxygen atoms in total. The van der Waals surface area contributed by atoms with E-state index in [1.54, 1.807) is 18.3 Å². The van der Waals surface area contributed by atoms with Crippen molar-refractivity contribution in [2.45, 2.75) is 33.7 Å². The molecule has 0 saturated heterocycles. The van der Waals surface area contributed by atoms with Gasteiger partial charge in [-0.1, -0.05) is 43.0 Å². The number of hydrogen-bond donors (Lipinski definition) is 1. The molecule has 1 aromatic heterocycles. The minimum Gasteiger partial charge on any atom is -0.348 e. The number of nitriles is 1. The molecule has 0 saturated carbocycles. The Morgan fingerprint density at radius 2 is 1.94 bits per heavy atom. The molecule has 0 fully saturated rings. The van der Waals surface area contributed by atoms with Crippen molar-refractivity contribution in [3.8, 4) is 6.07 Å². The van der Waals surface area contributed by atoms with Crippen LogP contribution in [-0.4, -0.2) is 18.7 Å². The van der Waals surface area contributed by atoms with Gasteiger partial charge >= 0.3 is 0 Å². The molecule has 0 spiro atoms. The Kier molecular flexibility index (Phi) is 7.30. The van der Waals surface area contributed by atoms with Gasteiger partial charge in [0.25, 0.3) is 5.91 Å². The van der Waals surface area contributed by atoms with Gasteiger partial charge in [0.1, 0.15) is 13.9 Å². The number of hydrogen-bond acceptors (Lipinski definition) is 3. The van der Waals surface area contributed by atoms with E-state index in [1.807, 2.05) is 51.1 Å². The first-order valence-corrected chi connectivity index (χ1v) is 10.7. The summed E-state index contributed by atoms with van der Waals surface area (Å²) in [6.07, 6.45) is 3.72. The van der Waals surface area contributed by atoms with Gasteiger partial charge in [-0.3, -0.25) is 9.78 Å². The van der Waals surface area contributed by atoms with Gasteiger partial charge in [0.15, 0.2) is 0 Å². The van der Waals surface area contributed by atoms with E-state index in [-0.39, 0.29) is 11.5 Å². The van der Waals surface area contributed by atoms with E-state index in [0.717, 1.165) is 38.8 Å². The fourth-order valence-electron chi connectivity index (χ4n) is 3.80. The topological polar surface area (TPSA) is 65.8 Å². The van der Waals surface area contributed by atoms with Gasteiger partial charge in [0, 0.05) is 23.7 Å². The second-order valence-corrected chi connectivity index (χ2v) is 8.37. The smallest absolute Gasteiger partial charge is 0.250 e. The number of aryl methyl sites for hydroxylation is 2. The van der Waals surface area contributed by atoms with Crippen LogP contribution in [0.4, 0.5) is 0 Å². The van der Waals surface area contributed by atoms with Crippen LogP contribution < -0.4 is 5.32 Å². The zero-order chi connectivity index (χ0) is 24.1. The number of aromatic nitrogens is 1. The summed E-state index contributed by atoms with van der Waals surface area (Å²) in [5, 5.41) is 13.3. The Labute approximate surface area is 196 Å². The van der Waals surface area contributed by atoms with Crippen LogP contribution in [-0.2, 0) is 17.8 Å². The maximum absolute atomic E-state index is 12.5. The van der Waals surface area contributed by atoms with Gasteiger partial charge in [0.05, 0.1) is 11.1 Å². The van der Waals surface area contributed by atoms with Gasteiger partial charge < -0.3 is 5.32 Å². The molecule has 2 radical (unpaired) electrons. The van der Waals surface area contributed by atoms with E-state index in [9.17, 15) is 10.1 Å². The maximum atomic E-state index is 12.5. The van der Waals surface area contributed by atoms with Crippen LogP contribution in [0.15, 0.2) is 72.9 Å². The van der Waals surface area contributed by atoms with Gasteiger partial charge in [-0.15, -0.1) is 5.47 Å². The van der Waals surface area contributed by atoms with E-state index < -0.39 is 0 Å². The maximum Gasteiger partial charge on any atom is 0.250 e. The van der Waals surface area contributed by atoms with E-state index in [4.69, 9.17) is 7.85 Å². The normalized spacial score (nSPS) is 11.2. The number of allylic oxidation sites excluding steroid dienone is 2. The van der Waals surface area contributed by atoms with Crippen LogP contribution in [0.5, 0.6) is 0 Å². The van der Waals surface area contributed by atoms with Crippen LogP contribution in [0.3, 0.4) is 0 Å². The summed E-state index contributed by atoms with van der Waals surface area (Å²) in [5.41, 5.74) is 8.07. The number of rotatable bonds is 7. The minimum absolute atomic E-state index is 0.279. The summed E-state index contributed by atoms with van der Waals surface area (Å²) in [4.78, 5) is 16.9. The van der Waals surface area contributed by atoms with Crippen molar-refractivity contribution in [2.75, 3.05) is 0 Å². The molecule has 0 atom stereocenters. The van der Waals surface area contributed by atoms with Crippen LogP contribution in [0, 0.1) is 25.2 Å². The Hall–Kier alpha value is -3.91. The first kappa shape index (κ1) is 23.8. The lowest BCUT2D eigenvalue weighted by Crippen LogP contribution is -2.23. The largest absolute Gasteiger partial charge is 0.348 e. The first-order chi connectivity index (χ1) is 15.7. The Balaban J connectivity index is 1.67. The molecule has 1 N–H and O–H groups in total. The number of nitrogens with one attached hydrogen (secondary N) is 1. The zero-order valence-electron chi connectivity index (χ0n) is 19.3. The molecule has 0 aliphatic rings. The van der Waals surface area contributed by atoms with E-state index in [1.165, 1.54) is 0 Å². The molecule has 3 rings (SSSR count). The van der Waals surface area contributed by atoms with Crippen molar-refractivity contribution in [1.29, 1.82) is 5.26 Å². The highest BCUT2D eigenvalue weighted by Crippen LogP contribution is 2.22. The standard InChI is InChI=1S/C28H26BN3O/c1-17(2)26-7-6-21(9-19(26)4)16-32-28(33)20(5)10-25(29)13-22-11-23-8-18(3)15-31-27(23)24(12-22)14-30/h6-12,15H,1,5,13,16H2,2-4H3,(H,32,33)/b25-10-. The fourth-order valence-corrected chi connectivity index (χ4v) is 3.80. The van der Waals surface area contributed by atoms with Crippen molar-refractivity contribution in [2.24, 2.45) is 0 Å². The van der Waals surface area contributed by atoms with Crippen LogP contribution in [0.25, 0.3) is 16.5 Å². The predicted octanol–water partition coefficient (Wildman–Crippen LogP) is 5.22. The molecular weight excluding hydrogens is 405 g/mol. The molecule has 1 amide bonds. The highest BCUT2D eigenvalue weighted by atomic mass is 16.1. The molecule has 0 bridgehead atoms. The van der Waals surface area contributed by atoms with E-state index in [0.29, 0.717) is 29.5 Å². The van der Waals surface area contributed by atoms with Crippen molar-refractivity contribution in [3.05, 3.63) is 106 Å². The van der Waals surface area contributed by atoms with Crippen molar-refractivity contribution in [1.82, 2.24) is 10.3 Å². The number of nitrogens with zero attached hydrogens (tertiary/aromatic N) is 2. The quantitative estimate of drug-likeness (QED) is 0.317. The highest BCUT2D eigenvalue weighted by Gasteiger charge is 2.09. The molecule has 1 heterocycles. The molecule has 5 heteroatoms. The summed E-state index contributed by atoms with van der Waals surface area (Å²) in [6.45, 7) is 14.2. The molecule has 3 aromatic rings. The lowest BCUT2D eigenvalue weighted by Gasteiger charge is -2.10. The Bertz CT molecular complexity index is 1350. The van der Waals surface area contributed by atoms with Crippen LogP contribution >= 0.6 is 0 Å². The monoisotopic (exact) mass is 431 g/mol. The molecular formula is C28H26BN3O. The third-order valence-electron chi connectivity index (χ3n) is 5.36. The Morgan fingerprint density at radius 1 is 1.18 bits per heavy atom. The second-order valence-electron chi connectivity index (χ2n) is 8.37. The van der Waals surface area contributed by atoms with Crippen LogP contribution in [0.2, 0.25) is 0 Å². The lowest BCUT2D eigenvalue weighted by molar-refractivity contribution is -0.117. The molecule has 0 aliphatic carbocycles. The first-order valence-electron chi connectivity index (χ1n) is 10.7. The van der Waals surface area contributed by atoms with Crippen molar-refractivity contribution in [3.63, 3.8) is 0 Å². The van der Waals surface area contributed by atoms with Crippen LogP contribution in [0.1, 0.15) is 40.3 Å². The molecule has 33 heavy (non-hydrogen) atoms. The van der Waals surface area contributed by atoms with Gasteiger partial charge in [-0.05, 0) is 73.2 Å². The average Bonchev–Trinajstić information content (AvgIpc) is 2.76. The third-order valence-corrected chi connectivity index (χ3v) is 5.36. The Morgan fingerprint density at radius 3 is 2.61 bits per heavy atom. The molecule has 162 valence electrons. The van der Waals surface area contributed by atoms with E-state index in [2.05, 4.69) is 29.5 Å². The number of carbonyl (C=O) groups excluding carboxylic acids is 1. The van der Waals surface area contributed by atoms with Gasteiger partial charge in [0.2, 0.25) is 0 Å². The predicted molar refractivity (Wildman–Crippen MR) is 136 cm³/mol. The van der Waals surface area contributed by atoms with Crippen molar-refractivity contribution < 1.29 is 4.79 Å². The number of benzene rings is 2. The second kappa shape index (κ2) is 10.1. The highest BCUT2D eigenvalue weighted by molar-refractivity contribution is 6.22.